The molecule has 0 unspecified atom stereocenters. The Bertz CT molecular complexity index is 490. The van der Waals surface area contributed by atoms with E-state index in [0.29, 0.717) is 5.56 Å². The van der Waals surface area contributed by atoms with Gasteiger partial charge in [-0.1, -0.05) is 0 Å². The molecule has 72 valence electrons. The fourth-order valence-electron chi connectivity index (χ4n) is 1.38. The second kappa shape index (κ2) is 3.55. The van der Waals surface area contributed by atoms with Crippen LogP contribution in [-0.2, 0) is 0 Å². The van der Waals surface area contributed by atoms with Crippen LogP contribution < -0.4 is 5.73 Å². The zero-order valence-electron chi connectivity index (χ0n) is 7.38. The molecule has 0 amide bonds. The number of halogens is 1. The molecule has 1 aromatic heterocycles. The lowest BCUT2D eigenvalue weighted by Crippen LogP contribution is -2.13. The number of carbonyl (C=O) groups is 1. The monoisotopic (exact) mass is 252 g/mol. The molecule has 2 rings (SSSR count). The van der Waals surface area contributed by atoms with Crippen LogP contribution in [0, 0.1) is 0 Å². The van der Waals surface area contributed by atoms with Crippen molar-refractivity contribution in [1.29, 1.82) is 0 Å². The van der Waals surface area contributed by atoms with Crippen molar-refractivity contribution in [3.63, 3.8) is 0 Å². The van der Waals surface area contributed by atoms with Crippen LogP contribution in [0.3, 0.4) is 0 Å². The molecule has 0 saturated carbocycles. The molecule has 1 aromatic carbocycles. The van der Waals surface area contributed by atoms with Crippen LogP contribution in [0.25, 0.3) is 10.9 Å². The maximum absolute atomic E-state index is 11.3. The fourth-order valence-corrected chi connectivity index (χ4v) is 1.82. The van der Waals surface area contributed by atoms with Gasteiger partial charge in [-0.25, -0.2) is 0 Å². The largest absolute Gasteiger partial charge is 0.360 e. The van der Waals surface area contributed by atoms with Crippen molar-refractivity contribution < 1.29 is 4.79 Å². The van der Waals surface area contributed by atoms with Crippen LogP contribution in [-0.4, -0.2) is 17.3 Å². The van der Waals surface area contributed by atoms with Crippen LogP contribution in [0.5, 0.6) is 0 Å². The Kier molecular flexibility index (Phi) is 2.39. The van der Waals surface area contributed by atoms with E-state index in [4.69, 9.17) is 5.73 Å². The molecule has 0 saturated heterocycles. The SMILES string of the molecule is NCC(=O)c1ccc2[nH]cc(Br)c2c1. The van der Waals surface area contributed by atoms with E-state index >= 15 is 0 Å². The predicted octanol–water partition coefficient (Wildman–Crippen LogP) is 2.07. The third kappa shape index (κ3) is 1.47. The highest BCUT2D eigenvalue weighted by Crippen LogP contribution is 2.24. The smallest absolute Gasteiger partial charge is 0.176 e. The van der Waals surface area contributed by atoms with E-state index in [1.165, 1.54) is 0 Å². The zero-order valence-corrected chi connectivity index (χ0v) is 8.97. The van der Waals surface area contributed by atoms with Crippen LogP contribution >= 0.6 is 15.9 Å². The van der Waals surface area contributed by atoms with Gasteiger partial charge in [-0.05, 0) is 34.1 Å². The van der Waals surface area contributed by atoms with Gasteiger partial charge in [0.2, 0.25) is 0 Å². The van der Waals surface area contributed by atoms with Crippen molar-refractivity contribution >= 4 is 32.6 Å². The average Bonchev–Trinajstić information content (AvgIpc) is 2.59. The molecule has 3 nitrogen and oxygen atoms in total. The van der Waals surface area contributed by atoms with Crippen molar-refractivity contribution in [2.24, 2.45) is 5.73 Å². The average molecular weight is 253 g/mol. The third-order valence-corrected chi connectivity index (χ3v) is 2.79. The van der Waals surface area contributed by atoms with Crippen LogP contribution in [0.2, 0.25) is 0 Å². The lowest BCUT2D eigenvalue weighted by atomic mass is 10.1. The molecule has 0 bridgehead atoms. The number of benzene rings is 1. The number of nitrogens with one attached hydrogen (secondary N) is 1. The second-order valence-electron chi connectivity index (χ2n) is 3.02. The van der Waals surface area contributed by atoms with E-state index in [1.807, 2.05) is 18.3 Å². The molecule has 0 aliphatic carbocycles. The molecule has 3 N–H and O–H groups in total. The highest BCUT2D eigenvalue weighted by atomic mass is 79.9. The molecule has 2 aromatic rings. The zero-order chi connectivity index (χ0) is 10.1. The number of H-pyrrole nitrogens is 1. The highest BCUT2D eigenvalue weighted by molar-refractivity contribution is 9.10. The van der Waals surface area contributed by atoms with E-state index in [1.54, 1.807) is 6.07 Å². The molecule has 4 heteroatoms. The summed E-state index contributed by atoms with van der Waals surface area (Å²) in [5.41, 5.74) is 6.95. The number of hydrogen-bond donors (Lipinski definition) is 2. The van der Waals surface area contributed by atoms with Gasteiger partial charge in [-0.2, -0.15) is 0 Å². The first-order valence-electron chi connectivity index (χ1n) is 4.22. The minimum absolute atomic E-state index is 0.0417. The van der Waals surface area contributed by atoms with Gasteiger partial charge >= 0.3 is 0 Å². The van der Waals surface area contributed by atoms with E-state index in [0.717, 1.165) is 15.4 Å². The van der Waals surface area contributed by atoms with E-state index < -0.39 is 0 Å². The number of carbonyl (C=O) groups excluding carboxylic acids is 1. The summed E-state index contributed by atoms with van der Waals surface area (Å²) in [6.07, 6.45) is 1.85. The summed E-state index contributed by atoms with van der Waals surface area (Å²) in [5.74, 6) is -0.0417. The number of hydrogen-bond acceptors (Lipinski definition) is 2. The van der Waals surface area contributed by atoms with Crippen LogP contribution in [0.1, 0.15) is 10.4 Å². The number of rotatable bonds is 2. The number of aromatic nitrogens is 1. The van der Waals surface area contributed by atoms with Crippen molar-refractivity contribution in [3.05, 3.63) is 34.4 Å². The van der Waals surface area contributed by atoms with Crippen molar-refractivity contribution in [2.75, 3.05) is 6.54 Å². The summed E-state index contributed by atoms with van der Waals surface area (Å²) in [5, 5.41) is 1.00. The normalized spacial score (nSPS) is 10.7. The highest BCUT2D eigenvalue weighted by Gasteiger charge is 2.06. The second-order valence-corrected chi connectivity index (χ2v) is 3.88. The van der Waals surface area contributed by atoms with Crippen molar-refractivity contribution in [1.82, 2.24) is 4.98 Å². The van der Waals surface area contributed by atoms with E-state index in [-0.39, 0.29) is 12.3 Å². The number of Topliss-reactive ketones (excluding diaryl/α,β-unsaturated/α-hetero) is 1. The first-order chi connectivity index (χ1) is 6.72. The van der Waals surface area contributed by atoms with Crippen LogP contribution in [0.4, 0.5) is 0 Å². The molecule has 0 aliphatic rings. The molecular weight excluding hydrogens is 244 g/mol. The Morgan fingerprint density at radius 2 is 2.29 bits per heavy atom. The minimum Gasteiger partial charge on any atom is -0.360 e. The molecule has 0 atom stereocenters. The predicted molar refractivity (Wildman–Crippen MR) is 59.4 cm³/mol. The Morgan fingerprint density at radius 3 is 3.00 bits per heavy atom. The molecule has 0 spiro atoms. The number of fused-ring (bicyclic) bond motifs is 1. The standard InChI is InChI=1S/C10H9BrN2O/c11-8-5-13-9-2-1-6(3-7(8)9)10(14)4-12/h1-3,5,13H,4,12H2. The molecule has 0 radical (unpaired) electrons. The summed E-state index contributed by atoms with van der Waals surface area (Å²) in [4.78, 5) is 14.4. The topological polar surface area (TPSA) is 58.9 Å². The first kappa shape index (κ1) is 9.43. The minimum atomic E-state index is -0.0417. The quantitative estimate of drug-likeness (QED) is 0.805. The Morgan fingerprint density at radius 1 is 1.50 bits per heavy atom. The summed E-state index contributed by atoms with van der Waals surface area (Å²) in [6.45, 7) is 0.0492. The van der Waals surface area contributed by atoms with Gasteiger partial charge in [-0.3, -0.25) is 4.79 Å². The Labute approximate surface area is 89.4 Å². The van der Waals surface area contributed by atoms with E-state index in [9.17, 15) is 4.79 Å². The van der Waals surface area contributed by atoms with E-state index in [2.05, 4.69) is 20.9 Å². The summed E-state index contributed by atoms with van der Waals surface area (Å²) < 4.78 is 0.958. The fraction of sp³-hybridized carbons (Fsp3) is 0.100. The third-order valence-electron chi connectivity index (χ3n) is 2.14. The summed E-state index contributed by atoms with van der Waals surface area (Å²) in [7, 11) is 0. The van der Waals surface area contributed by atoms with Gasteiger partial charge in [0.25, 0.3) is 0 Å². The lowest BCUT2D eigenvalue weighted by Gasteiger charge is -1.98. The summed E-state index contributed by atoms with van der Waals surface area (Å²) in [6, 6.07) is 5.49. The number of nitrogens with two attached hydrogens (primary N) is 1. The van der Waals surface area contributed by atoms with Gasteiger partial charge in [0.15, 0.2) is 5.78 Å². The number of ketones is 1. The van der Waals surface area contributed by atoms with Crippen molar-refractivity contribution in [3.8, 4) is 0 Å². The maximum Gasteiger partial charge on any atom is 0.176 e. The van der Waals surface area contributed by atoms with Crippen LogP contribution in [0.15, 0.2) is 28.9 Å². The molecular formula is C10H9BrN2O. The first-order valence-corrected chi connectivity index (χ1v) is 5.01. The van der Waals surface area contributed by atoms with Gasteiger partial charge in [-0.15, -0.1) is 0 Å². The maximum atomic E-state index is 11.3. The van der Waals surface area contributed by atoms with Crippen molar-refractivity contribution in [2.45, 2.75) is 0 Å². The summed E-state index contributed by atoms with van der Waals surface area (Å²) >= 11 is 3.40. The number of aromatic amines is 1. The van der Waals surface area contributed by atoms with Gasteiger partial charge < -0.3 is 10.7 Å². The van der Waals surface area contributed by atoms with Gasteiger partial charge in [0, 0.05) is 27.1 Å². The molecule has 1 heterocycles. The Balaban J connectivity index is 2.60. The van der Waals surface area contributed by atoms with Gasteiger partial charge in [0.05, 0.1) is 6.54 Å². The molecule has 14 heavy (non-hydrogen) atoms. The van der Waals surface area contributed by atoms with Gasteiger partial charge in [0.1, 0.15) is 0 Å². The lowest BCUT2D eigenvalue weighted by molar-refractivity contribution is 0.100. The molecule has 0 aliphatic heterocycles. The Hall–Kier alpha value is -1.13. The molecule has 0 fully saturated rings.